The third-order valence-corrected chi connectivity index (χ3v) is 7.45. The largest absolute Gasteiger partial charge is 0.494 e. The zero-order valence-corrected chi connectivity index (χ0v) is 23.5. The SMILES string of the molecule is CCOc1ccc(-n2c(C)nnc2S[C@@H](C[N+](=O)[O-])c2cc(Cl)c(OCc3ccc(Cl)cc3)c(Cl)c2)cc1. The van der Waals surface area contributed by atoms with Gasteiger partial charge in [-0.25, -0.2) is 0 Å². The first-order chi connectivity index (χ1) is 18.2. The van der Waals surface area contributed by atoms with Crippen molar-refractivity contribution in [2.45, 2.75) is 30.9 Å². The van der Waals surface area contributed by atoms with Gasteiger partial charge in [0.15, 0.2) is 10.9 Å². The topological polar surface area (TPSA) is 92.3 Å². The number of nitro groups is 1. The first kappa shape index (κ1) is 28.0. The second kappa shape index (κ2) is 12.7. The Hall–Kier alpha value is -2.98. The molecule has 38 heavy (non-hydrogen) atoms. The standard InChI is InChI=1S/C26H23Cl3N4O4S/c1-3-36-21-10-8-20(9-11-21)33-16(2)30-31-26(33)38-24(14-32(34)35)18-12-22(28)25(23(29)13-18)37-15-17-4-6-19(27)7-5-17/h4-13,24H,3,14-15H2,1-2H3/t24-/m0/s1. The number of aryl methyl sites for hydroxylation is 1. The van der Waals surface area contributed by atoms with Crippen molar-refractivity contribution < 1.29 is 14.4 Å². The van der Waals surface area contributed by atoms with Crippen molar-refractivity contribution in [3.8, 4) is 17.2 Å². The lowest BCUT2D eigenvalue weighted by atomic mass is 10.1. The summed E-state index contributed by atoms with van der Waals surface area (Å²) in [6.07, 6.45) is 0. The number of benzene rings is 3. The van der Waals surface area contributed by atoms with E-state index in [1.165, 1.54) is 11.8 Å². The van der Waals surface area contributed by atoms with Gasteiger partial charge in [0.05, 0.1) is 16.7 Å². The van der Waals surface area contributed by atoms with Gasteiger partial charge in [0.25, 0.3) is 0 Å². The Kier molecular flexibility index (Phi) is 9.38. The molecule has 0 aliphatic rings. The monoisotopic (exact) mass is 592 g/mol. The van der Waals surface area contributed by atoms with E-state index in [0.29, 0.717) is 33.9 Å². The van der Waals surface area contributed by atoms with E-state index in [9.17, 15) is 10.1 Å². The molecular formula is C26H23Cl3N4O4S. The van der Waals surface area contributed by atoms with Crippen molar-refractivity contribution >= 4 is 46.6 Å². The van der Waals surface area contributed by atoms with Gasteiger partial charge in [-0.1, -0.05) is 58.7 Å². The lowest BCUT2D eigenvalue weighted by Crippen LogP contribution is -2.11. The summed E-state index contributed by atoms with van der Waals surface area (Å²) < 4.78 is 13.2. The van der Waals surface area contributed by atoms with Crippen LogP contribution in [0, 0.1) is 17.0 Å². The van der Waals surface area contributed by atoms with Crippen LogP contribution in [0.2, 0.25) is 15.1 Å². The Morgan fingerprint density at radius 2 is 1.66 bits per heavy atom. The average Bonchev–Trinajstić information content (AvgIpc) is 3.24. The molecule has 8 nitrogen and oxygen atoms in total. The van der Waals surface area contributed by atoms with E-state index in [2.05, 4.69) is 10.2 Å². The minimum absolute atomic E-state index is 0.230. The number of halogens is 3. The molecule has 0 N–H and O–H groups in total. The first-order valence-electron chi connectivity index (χ1n) is 11.5. The zero-order valence-electron chi connectivity index (χ0n) is 20.4. The molecular weight excluding hydrogens is 571 g/mol. The molecule has 1 aromatic heterocycles. The molecule has 0 bridgehead atoms. The van der Waals surface area contributed by atoms with Crippen molar-refractivity contribution in [1.82, 2.24) is 14.8 Å². The van der Waals surface area contributed by atoms with Crippen molar-refractivity contribution in [2.75, 3.05) is 13.2 Å². The van der Waals surface area contributed by atoms with E-state index in [-0.39, 0.29) is 28.1 Å². The molecule has 12 heteroatoms. The van der Waals surface area contributed by atoms with Gasteiger partial charge in [0.1, 0.15) is 23.4 Å². The number of nitrogens with zero attached hydrogens (tertiary/aromatic N) is 4. The highest BCUT2D eigenvalue weighted by Gasteiger charge is 2.26. The lowest BCUT2D eigenvalue weighted by Gasteiger charge is -2.17. The van der Waals surface area contributed by atoms with Gasteiger partial charge in [0.2, 0.25) is 6.54 Å². The maximum absolute atomic E-state index is 11.6. The van der Waals surface area contributed by atoms with Crippen LogP contribution in [0.5, 0.6) is 11.5 Å². The molecule has 0 saturated heterocycles. The maximum atomic E-state index is 11.6. The quantitative estimate of drug-likeness (QED) is 0.100. The predicted octanol–water partition coefficient (Wildman–Crippen LogP) is 7.62. The van der Waals surface area contributed by atoms with E-state index in [0.717, 1.165) is 17.0 Å². The molecule has 198 valence electrons. The highest BCUT2D eigenvalue weighted by molar-refractivity contribution is 7.99. The van der Waals surface area contributed by atoms with E-state index in [1.807, 2.05) is 54.8 Å². The molecule has 0 unspecified atom stereocenters. The minimum Gasteiger partial charge on any atom is -0.494 e. The first-order valence-corrected chi connectivity index (χ1v) is 13.6. The van der Waals surface area contributed by atoms with Gasteiger partial charge in [-0.3, -0.25) is 14.7 Å². The highest BCUT2D eigenvalue weighted by Crippen LogP contribution is 2.42. The van der Waals surface area contributed by atoms with Crippen LogP contribution in [-0.2, 0) is 6.61 Å². The number of hydrogen-bond donors (Lipinski definition) is 0. The Morgan fingerprint density at radius 3 is 2.26 bits per heavy atom. The van der Waals surface area contributed by atoms with Gasteiger partial charge in [-0.2, -0.15) is 0 Å². The van der Waals surface area contributed by atoms with Crippen molar-refractivity contribution in [3.05, 3.63) is 103 Å². The van der Waals surface area contributed by atoms with Crippen LogP contribution in [-0.4, -0.2) is 32.8 Å². The van der Waals surface area contributed by atoms with Gasteiger partial charge in [-0.05, 0) is 73.5 Å². The Balaban J connectivity index is 1.59. The van der Waals surface area contributed by atoms with Gasteiger partial charge in [-0.15, -0.1) is 10.2 Å². The molecule has 3 aromatic carbocycles. The molecule has 0 fully saturated rings. The van der Waals surface area contributed by atoms with E-state index < -0.39 is 5.25 Å². The molecule has 0 saturated carbocycles. The molecule has 1 heterocycles. The molecule has 1 atom stereocenters. The number of thioether (sulfide) groups is 1. The molecule has 0 aliphatic heterocycles. The summed E-state index contributed by atoms with van der Waals surface area (Å²) in [7, 11) is 0. The van der Waals surface area contributed by atoms with Gasteiger partial charge >= 0.3 is 0 Å². The van der Waals surface area contributed by atoms with Crippen LogP contribution in [0.1, 0.15) is 29.1 Å². The fourth-order valence-corrected chi connectivity index (χ4v) is 5.58. The number of aromatic nitrogens is 3. The summed E-state index contributed by atoms with van der Waals surface area (Å²) >= 11 is 20.2. The molecule has 0 amide bonds. The summed E-state index contributed by atoms with van der Waals surface area (Å²) in [6, 6.07) is 17.9. The van der Waals surface area contributed by atoms with Crippen LogP contribution in [0.25, 0.3) is 5.69 Å². The smallest absolute Gasteiger partial charge is 0.220 e. The molecule has 4 rings (SSSR count). The summed E-state index contributed by atoms with van der Waals surface area (Å²) in [5.41, 5.74) is 2.26. The third kappa shape index (κ3) is 6.91. The van der Waals surface area contributed by atoms with E-state index >= 15 is 0 Å². The molecule has 4 aromatic rings. The van der Waals surface area contributed by atoms with Crippen LogP contribution in [0.15, 0.2) is 65.8 Å². The van der Waals surface area contributed by atoms with Crippen LogP contribution in [0.4, 0.5) is 0 Å². The van der Waals surface area contributed by atoms with Crippen molar-refractivity contribution in [3.63, 3.8) is 0 Å². The zero-order chi connectivity index (χ0) is 27.2. The average molecular weight is 594 g/mol. The van der Waals surface area contributed by atoms with Crippen LogP contribution < -0.4 is 9.47 Å². The second-order valence-corrected chi connectivity index (χ2v) is 10.6. The molecule has 0 radical (unpaired) electrons. The Labute approximate surface area is 239 Å². The summed E-state index contributed by atoms with van der Waals surface area (Å²) in [6.45, 7) is 4.14. The normalized spacial score (nSPS) is 11.8. The molecule has 0 spiro atoms. The fourth-order valence-electron chi connectivity index (χ4n) is 3.69. The predicted molar refractivity (Wildman–Crippen MR) is 150 cm³/mol. The van der Waals surface area contributed by atoms with Crippen LogP contribution >= 0.6 is 46.6 Å². The minimum atomic E-state index is -0.643. The fraction of sp³-hybridized carbons (Fsp3) is 0.231. The van der Waals surface area contributed by atoms with Gasteiger partial charge < -0.3 is 9.47 Å². The Morgan fingerprint density at radius 1 is 1.00 bits per heavy atom. The van der Waals surface area contributed by atoms with Gasteiger partial charge in [0, 0.05) is 15.6 Å². The summed E-state index contributed by atoms with van der Waals surface area (Å²) in [5.74, 6) is 1.67. The maximum Gasteiger partial charge on any atom is 0.220 e. The van der Waals surface area contributed by atoms with E-state index in [1.54, 1.807) is 24.3 Å². The Bertz CT molecular complexity index is 1390. The summed E-state index contributed by atoms with van der Waals surface area (Å²) in [5, 5.41) is 21.0. The number of rotatable bonds is 11. The number of ether oxygens (including phenoxy) is 2. The van der Waals surface area contributed by atoms with E-state index in [4.69, 9.17) is 44.3 Å². The third-order valence-electron chi connectivity index (χ3n) is 5.45. The van der Waals surface area contributed by atoms with Crippen molar-refractivity contribution in [2.24, 2.45) is 0 Å². The summed E-state index contributed by atoms with van der Waals surface area (Å²) in [4.78, 5) is 11.2. The lowest BCUT2D eigenvalue weighted by molar-refractivity contribution is -0.479. The highest BCUT2D eigenvalue weighted by atomic mass is 35.5. The van der Waals surface area contributed by atoms with Crippen LogP contribution in [0.3, 0.4) is 0 Å². The molecule has 0 aliphatic carbocycles. The van der Waals surface area contributed by atoms with Crippen molar-refractivity contribution in [1.29, 1.82) is 0 Å². The number of hydrogen-bond acceptors (Lipinski definition) is 7. The second-order valence-electron chi connectivity index (χ2n) is 8.14.